The van der Waals surface area contributed by atoms with Crippen LogP contribution >= 0.6 is 0 Å². The maximum absolute atomic E-state index is 12.3. The monoisotopic (exact) mass is 312 g/mol. The van der Waals surface area contributed by atoms with Gasteiger partial charge in [0.1, 0.15) is 0 Å². The maximum Gasteiger partial charge on any atom is 0.240 e. The highest BCUT2D eigenvalue weighted by Gasteiger charge is 2.16. The topological polar surface area (TPSA) is 58.2 Å². The lowest BCUT2D eigenvalue weighted by atomic mass is 10.1. The van der Waals surface area contributed by atoms with Crippen LogP contribution in [0.15, 0.2) is 23.1 Å². The minimum Gasteiger partial charge on any atom is -0.310 e. The molecule has 1 aromatic rings. The Bertz CT molecular complexity index is 553. The Morgan fingerprint density at radius 1 is 1.19 bits per heavy atom. The Morgan fingerprint density at radius 2 is 1.86 bits per heavy atom. The standard InChI is InChI=1S/C16H28N2O2S/c1-6-13(4)10-18-21(19,20)16-8-7-14(5)15(9-16)11-17-12(2)3/h7-9,12-13,17-18H,6,10-11H2,1-5H3. The summed E-state index contributed by atoms with van der Waals surface area (Å²) < 4.78 is 27.3. The summed E-state index contributed by atoms with van der Waals surface area (Å²) in [6.45, 7) is 11.4. The molecule has 0 saturated carbocycles. The van der Waals surface area contributed by atoms with Crippen molar-refractivity contribution in [2.45, 2.75) is 58.5 Å². The summed E-state index contributed by atoms with van der Waals surface area (Å²) in [5, 5.41) is 3.33. The molecule has 1 rings (SSSR count). The SMILES string of the molecule is CCC(C)CNS(=O)(=O)c1ccc(C)c(CNC(C)C)c1. The molecule has 0 amide bonds. The van der Waals surface area contributed by atoms with Gasteiger partial charge in [0.05, 0.1) is 4.90 Å². The first-order valence-electron chi connectivity index (χ1n) is 7.58. The van der Waals surface area contributed by atoms with Gasteiger partial charge in [0.2, 0.25) is 10.0 Å². The maximum atomic E-state index is 12.3. The van der Waals surface area contributed by atoms with Gasteiger partial charge in [0.15, 0.2) is 0 Å². The highest BCUT2D eigenvalue weighted by molar-refractivity contribution is 7.89. The molecule has 0 heterocycles. The fourth-order valence-electron chi connectivity index (χ4n) is 1.80. The molecule has 0 bridgehead atoms. The molecule has 0 aromatic heterocycles. The summed E-state index contributed by atoms with van der Waals surface area (Å²) in [5.74, 6) is 0.340. The van der Waals surface area contributed by atoms with E-state index in [1.165, 1.54) is 0 Å². The normalized spacial score (nSPS) is 13.6. The first kappa shape index (κ1) is 18.1. The molecule has 21 heavy (non-hydrogen) atoms. The van der Waals surface area contributed by atoms with Crippen molar-refractivity contribution in [1.82, 2.24) is 10.0 Å². The van der Waals surface area contributed by atoms with E-state index in [1.807, 2.05) is 19.9 Å². The smallest absolute Gasteiger partial charge is 0.240 e. The molecule has 5 heteroatoms. The van der Waals surface area contributed by atoms with Gasteiger partial charge in [-0.05, 0) is 36.1 Å². The Balaban J connectivity index is 2.89. The minimum absolute atomic E-state index is 0.340. The molecule has 1 unspecified atom stereocenters. The minimum atomic E-state index is -3.42. The van der Waals surface area contributed by atoms with Crippen LogP contribution < -0.4 is 10.0 Å². The summed E-state index contributed by atoms with van der Waals surface area (Å²) in [6.07, 6.45) is 0.958. The van der Waals surface area contributed by atoms with Gasteiger partial charge in [0, 0.05) is 19.1 Å². The van der Waals surface area contributed by atoms with E-state index < -0.39 is 10.0 Å². The van der Waals surface area contributed by atoms with Crippen molar-refractivity contribution in [2.24, 2.45) is 5.92 Å². The van der Waals surface area contributed by atoms with Gasteiger partial charge in [-0.25, -0.2) is 13.1 Å². The summed E-state index contributed by atoms with van der Waals surface area (Å²) in [5.41, 5.74) is 2.12. The third-order valence-electron chi connectivity index (χ3n) is 3.65. The lowest BCUT2D eigenvalue weighted by Gasteiger charge is -2.14. The number of hydrogen-bond donors (Lipinski definition) is 2. The van der Waals surface area contributed by atoms with E-state index in [0.717, 1.165) is 17.5 Å². The van der Waals surface area contributed by atoms with E-state index in [1.54, 1.807) is 12.1 Å². The van der Waals surface area contributed by atoms with Gasteiger partial charge in [-0.15, -0.1) is 0 Å². The molecule has 0 fully saturated rings. The predicted molar refractivity (Wildman–Crippen MR) is 87.8 cm³/mol. The van der Waals surface area contributed by atoms with E-state index in [-0.39, 0.29) is 0 Å². The molecule has 0 radical (unpaired) electrons. The molecule has 4 nitrogen and oxygen atoms in total. The van der Waals surface area contributed by atoms with Crippen molar-refractivity contribution in [3.05, 3.63) is 29.3 Å². The lowest BCUT2D eigenvalue weighted by Crippen LogP contribution is -2.28. The van der Waals surface area contributed by atoms with Crippen molar-refractivity contribution in [1.29, 1.82) is 0 Å². The second-order valence-corrected chi connectivity index (χ2v) is 7.76. The number of sulfonamides is 1. The average Bonchev–Trinajstić information content (AvgIpc) is 2.43. The third kappa shape index (κ3) is 5.77. The van der Waals surface area contributed by atoms with Gasteiger partial charge in [0.25, 0.3) is 0 Å². The fourth-order valence-corrected chi connectivity index (χ4v) is 3.01. The lowest BCUT2D eigenvalue weighted by molar-refractivity contribution is 0.528. The van der Waals surface area contributed by atoms with Crippen LogP contribution in [-0.2, 0) is 16.6 Å². The molecule has 0 aliphatic heterocycles. The van der Waals surface area contributed by atoms with Crippen LogP contribution in [0.1, 0.15) is 45.2 Å². The van der Waals surface area contributed by atoms with Crippen molar-refractivity contribution >= 4 is 10.0 Å². The second-order valence-electron chi connectivity index (χ2n) is 5.99. The Labute approximate surface area is 129 Å². The van der Waals surface area contributed by atoms with Crippen molar-refractivity contribution < 1.29 is 8.42 Å². The molecule has 1 atom stereocenters. The van der Waals surface area contributed by atoms with Crippen LogP contribution in [0.25, 0.3) is 0 Å². The van der Waals surface area contributed by atoms with Crippen LogP contribution in [0.2, 0.25) is 0 Å². The zero-order valence-corrected chi connectivity index (χ0v) is 14.5. The first-order valence-corrected chi connectivity index (χ1v) is 9.07. The van der Waals surface area contributed by atoms with Gasteiger partial charge in [-0.1, -0.05) is 40.2 Å². The quantitative estimate of drug-likeness (QED) is 0.776. The van der Waals surface area contributed by atoms with E-state index in [4.69, 9.17) is 0 Å². The molecular formula is C16H28N2O2S. The molecule has 2 N–H and O–H groups in total. The van der Waals surface area contributed by atoms with Crippen LogP contribution in [0.5, 0.6) is 0 Å². The van der Waals surface area contributed by atoms with E-state index in [0.29, 0.717) is 29.9 Å². The molecule has 120 valence electrons. The van der Waals surface area contributed by atoms with Gasteiger partial charge < -0.3 is 5.32 Å². The van der Waals surface area contributed by atoms with E-state index in [2.05, 4.69) is 30.8 Å². The van der Waals surface area contributed by atoms with Gasteiger partial charge in [-0.3, -0.25) is 0 Å². The summed E-state index contributed by atoms with van der Waals surface area (Å²) >= 11 is 0. The van der Waals surface area contributed by atoms with Crippen LogP contribution in [0.3, 0.4) is 0 Å². The molecule has 0 aliphatic carbocycles. The van der Waals surface area contributed by atoms with E-state index >= 15 is 0 Å². The highest BCUT2D eigenvalue weighted by atomic mass is 32.2. The van der Waals surface area contributed by atoms with E-state index in [9.17, 15) is 8.42 Å². The van der Waals surface area contributed by atoms with Crippen LogP contribution in [0, 0.1) is 12.8 Å². The molecule has 0 spiro atoms. The fraction of sp³-hybridized carbons (Fsp3) is 0.625. The second kappa shape index (κ2) is 7.92. The highest BCUT2D eigenvalue weighted by Crippen LogP contribution is 2.16. The number of benzene rings is 1. The van der Waals surface area contributed by atoms with Crippen molar-refractivity contribution in [3.8, 4) is 0 Å². The van der Waals surface area contributed by atoms with Crippen LogP contribution in [0.4, 0.5) is 0 Å². The largest absolute Gasteiger partial charge is 0.310 e. The predicted octanol–water partition coefficient (Wildman–Crippen LogP) is 2.82. The van der Waals surface area contributed by atoms with Crippen LogP contribution in [-0.4, -0.2) is 21.0 Å². The number of rotatable bonds is 8. The summed E-state index contributed by atoms with van der Waals surface area (Å²) in [6, 6.07) is 5.68. The molecule has 1 aromatic carbocycles. The van der Waals surface area contributed by atoms with Gasteiger partial charge >= 0.3 is 0 Å². The number of nitrogens with one attached hydrogen (secondary N) is 2. The van der Waals surface area contributed by atoms with Crippen molar-refractivity contribution in [2.75, 3.05) is 6.54 Å². The summed E-state index contributed by atoms with van der Waals surface area (Å²) in [4.78, 5) is 0.344. The number of hydrogen-bond acceptors (Lipinski definition) is 3. The zero-order chi connectivity index (χ0) is 16.0. The summed E-state index contributed by atoms with van der Waals surface area (Å²) in [7, 11) is -3.42. The third-order valence-corrected chi connectivity index (χ3v) is 5.07. The zero-order valence-electron chi connectivity index (χ0n) is 13.7. The average molecular weight is 312 g/mol. The molecule has 0 aliphatic rings. The number of aryl methyl sites for hydroxylation is 1. The Hall–Kier alpha value is -0.910. The first-order chi connectivity index (χ1) is 9.76. The van der Waals surface area contributed by atoms with Gasteiger partial charge in [-0.2, -0.15) is 0 Å². The molecular weight excluding hydrogens is 284 g/mol. The van der Waals surface area contributed by atoms with Crippen molar-refractivity contribution in [3.63, 3.8) is 0 Å². The Morgan fingerprint density at radius 3 is 2.43 bits per heavy atom. The molecule has 0 saturated heterocycles. The Kier molecular flexibility index (Phi) is 6.84.